The van der Waals surface area contributed by atoms with Crippen LogP contribution in [0.1, 0.15) is 31.2 Å². The van der Waals surface area contributed by atoms with Gasteiger partial charge in [-0.3, -0.25) is 0 Å². The normalized spacial score (nSPS) is 18.4. The number of para-hydroxylation sites is 1. The highest BCUT2D eigenvalue weighted by Gasteiger charge is 2.13. The third kappa shape index (κ3) is 3.57. The molecule has 1 fully saturated rings. The van der Waals surface area contributed by atoms with Gasteiger partial charge < -0.3 is 10.2 Å². The molecule has 1 unspecified atom stereocenters. The van der Waals surface area contributed by atoms with Gasteiger partial charge in [0.15, 0.2) is 0 Å². The van der Waals surface area contributed by atoms with E-state index >= 15 is 0 Å². The van der Waals surface area contributed by atoms with Gasteiger partial charge in [-0.25, -0.2) is 4.98 Å². The van der Waals surface area contributed by atoms with Crippen LogP contribution in [0.15, 0.2) is 24.3 Å². The third-order valence-corrected chi connectivity index (χ3v) is 4.96. The van der Waals surface area contributed by atoms with Gasteiger partial charge in [-0.2, -0.15) is 0 Å². The van der Waals surface area contributed by atoms with Crippen molar-refractivity contribution in [3.05, 3.63) is 29.3 Å². The number of aromatic nitrogens is 1. The second-order valence-electron chi connectivity index (χ2n) is 5.72. The molecule has 0 radical (unpaired) electrons. The molecule has 1 saturated heterocycles. The van der Waals surface area contributed by atoms with Crippen molar-refractivity contribution in [3.8, 4) is 0 Å². The van der Waals surface area contributed by atoms with E-state index in [0.717, 1.165) is 18.6 Å². The number of piperidine rings is 1. The van der Waals surface area contributed by atoms with Crippen LogP contribution in [0, 0.1) is 0 Å². The van der Waals surface area contributed by atoms with Gasteiger partial charge in [0.2, 0.25) is 0 Å². The zero-order chi connectivity index (χ0) is 13.8. The first-order valence-electron chi connectivity index (χ1n) is 7.61. The molecule has 0 bridgehead atoms. The number of nitrogens with one attached hydrogen (secondary N) is 1. The fraction of sp³-hybridized carbons (Fsp3) is 0.562. The van der Waals surface area contributed by atoms with E-state index in [2.05, 4.69) is 46.4 Å². The number of nitrogens with zero attached hydrogens (tertiary/aromatic N) is 2. The summed E-state index contributed by atoms with van der Waals surface area (Å²) in [7, 11) is 0. The van der Waals surface area contributed by atoms with Crippen LogP contribution in [0.4, 0.5) is 0 Å². The Morgan fingerprint density at radius 2 is 2.05 bits per heavy atom. The summed E-state index contributed by atoms with van der Waals surface area (Å²) in [5, 5.41) is 4.80. The summed E-state index contributed by atoms with van der Waals surface area (Å²) >= 11 is 1.80. The first-order valence-corrected chi connectivity index (χ1v) is 8.43. The fourth-order valence-corrected chi connectivity index (χ4v) is 3.77. The molecular weight excluding hydrogens is 266 g/mol. The zero-order valence-corrected chi connectivity index (χ0v) is 13.0. The minimum absolute atomic E-state index is 0.528. The Morgan fingerprint density at radius 1 is 1.25 bits per heavy atom. The maximum Gasteiger partial charge on any atom is 0.108 e. The summed E-state index contributed by atoms with van der Waals surface area (Å²) in [5.74, 6) is 0. The van der Waals surface area contributed by atoms with Crippen LogP contribution in [0.25, 0.3) is 10.2 Å². The maximum atomic E-state index is 4.67. The van der Waals surface area contributed by atoms with Gasteiger partial charge in [0.25, 0.3) is 0 Å². The van der Waals surface area contributed by atoms with Gasteiger partial charge in [-0.05, 0) is 45.0 Å². The van der Waals surface area contributed by atoms with E-state index in [1.807, 2.05) is 0 Å². The lowest BCUT2D eigenvalue weighted by atomic mass is 10.1. The summed E-state index contributed by atoms with van der Waals surface area (Å²) in [6, 6.07) is 8.90. The molecule has 2 heterocycles. The quantitative estimate of drug-likeness (QED) is 0.915. The monoisotopic (exact) mass is 289 g/mol. The van der Waals surface area contributed by atoms with E-state index in [0.29, 0.717) is 6.04 Å². The second kappa shape index (κ2) is 6.66. The molecular formula is C16H23N3S. The molecule has 0 aliphatic carbocycles. The lowest BCUT2D eigenvalue weighted by Crippen LogP contribution is -2.41. The minimum Gasteiger partial charge on any atom is -0.307 e. The lowest BCUT2D eigenvalue weighted by molar-refractivity contribution is 0.209. The Bertz CT molecular complexity index is 512. The molecule has 20 heavy (non-hydrogen) atoms. The third-order valence-electron chi connectivity index (χ3n) is 3.92. The second-order valence-corrected chi connectivity index (χ2v) is 6.83. The molecule has 1 aromatic carbocycles. The first-order chi connectivity index (χ1) is 9.81. The molecule has 108 valence electrons. The number of thiazole rings is 1. The van der Waals surface area contributed by atoms with Crippen LogP contribution in [0.5, 0.6) is 0 Å². The molecule has 0 spiro atoms. The number of hydrogen-bond acceptors (Lipinski definition) is 4. The van der Waals surface area contributed by atoms with Gasteiger partial charge >= 0.3 is 0 Å². The number of rotatable bonds is 5. The first kappa shape index (κ1) is 14.0. The Labute approximate surface area is 125 Å². The van der Waals surface area contributed by atoms with Crippen molar-refractivity contribution in [2.45, 2.75) is 38.8 Å². The zero-order valence-electron chi connectivity index (χ0n) is 12.1. The van der Waals surface area contributed by atoms with Gasteiger partial charge in [0.05, 0.1) is 10.2 Å². The molecule has 3 rings (SSSR count). The average Bonchev–Trinajstić information content (AvgIpc) is 2.89. The SMILES string of the molecule is CC(CN1CCCCC1)NCc1nc2ccccc2s1. The van der Waals surface area contributed by atoms with Crippen LogP contribution in [-0.4, -0.2) is 35.6 Å². The van der Waals surface area contributed by atoms with Crippen molar-refractivity contribution in [2.24, 2.45) is 0 Å². The molecule has 4 heteroatoms. The number of fused-ring (bicyclic) bond motifs is 1. The molecule has 1 aliphatic heterocycles. The summed E-state index contributed by atoms with van der Waals surface area (Å²) in [4.78, 5) is 7.26. The van der Waals surface area contributed by atoms with Crippen molar-refractivity contribution in [1.82, 2.24) is 15.2 Å². The van der Waals surface area contributed by atoms with E-state index in [1.165, 1.54) is 42.1 Å². The van der Waals surface area contributed by atoms with Gasteiger partial charge in [-0.15, -0.1) is 11.3 Å². The molecule has 1 atom stereocenters. The summed E-state index contributed by atoms with van der Waals surface area (Å²) in [6.07, 6.45) is 4.14. The maximum absolute atomic E-state index is 4.67. The van der Waals surface area contributed by atoms with E-state index < -0.39 is 0 Å². The fourth-order valence-electron chi connectivity index (χ4n) is 2.85. The van der Waals surface area contributed by atoms with Crippen molar-refractivity contribution < 1.29 is 0 Å². The largest absolute Gasteiger partial charge is 0.307 e. The van der Waals surface area contributed by atoms with Crippen molar-refractivity contribution in [3.63, 3.8) is 0 Å². The van der Waals surface area contributed by atoms with E-state index in [1.54, 1.807) is 11.3 Å². The van der Waals surface area contributed by atoms with Crippen LogP contribution >= 0.6 is 11.3 Å². The summed E-state index contributed by atoms with van der Waals surface area (Å²) in [5.41, 5.74) is 1.12. The number of likely N-dealkylation sites (tertiary alicyclic amines) is 1. The van der Waals surface area contributed by atoms with Crippen molar-refractivity contribution in [2.75, 3.05) is 19.6 Å². The van der Waals surface area contributed by atoms with Crippen LogP contribution in [-0.2, 0) is 6.54 Å². The van der Waals surface area contributed by atoms with Crippen LogP contribution < -0.4 is 5.32 Å². The topological polar surface area (TPSA) is 28.2 Å². The molecule has 1 aromatic heterocycles. The van der Waals surface area contributed by atoms with E-state index in [-0.39, 0.29) is 0 Å². The summed E-state index contributed by atoms with van der Waals surface area (Å²) < 4.78 is 1.29. The predicted octanol–water partition coefficient (Wildman–Crippen LogP) is 3.26. The Kier molecular flexibility index (Phi) is 4.65. The predicted molar refractivity (Wildman–Crippen MR) is 86.2 cm³/mol. The van der Waals surface area contributed by atoms with E-state index in [4.69, 9.17) is 0 Å². The molecule has 1 aliphatic rings. The average molecular weight is 289 g/mol. The Morgan fingerprint density at radius 3 is 2.85 bits per heavy atom. The lowest BCUT2D eigenvalue weighted by Gasteiger charge is -2.29. The smallest absolute Gasteiger partial charge is 0.108 e. The summed E-state index contributed by atoms with van der Waals surface area (Å²) in [6.45, 7) is 6.86. The highest BCUT2D eigenvalue weighted by molar-refractivity contribution is 7.18. The molecule has 1 N–H and O–H groups in total. The standard InChI is InChI=1S/C16H23N3S/c1-13(12-19-9-5-2-6-10-19)17-11-16-18-14-7-3-4-8-15(14)20-16/h3-4,7-8,13,17H,2,5-6,9-12H2,1H3. The van der Waals surface area contributed by atoms with E-state index in [9.17, 15) is 0 Å². The Hall–Kier alpha value is -0.970. The Balaban J connectivity index is 1.50. The molecule has 0 amide bonds. The highest BCUT2D eigenvalue weighted by atomic mass is 32.1. The molecule has 0 saturated carbocycles. The van der Waals surface area contributed by atoms with Gasteiger partial charge in [0, 0.05) is 19.1 Å². The molecule has 3 nitrogen and oxygen atoms in total. The van der Waals surface area contributed by atoms with Crippen molar-refractivity contribution >= 4 is 21.6 Å². The van der Waals surface area contributed by atoms with Gasteiger partial charge in [-0.1, -0.05) is 18.6 Å². The van der Waals surface area contributed by atoms with Crippen LogP contribution in [0.3, 0.4) is 0 Å². The number of benzene rings is 1. The van der Waals surface area contributed by atoms with Crippen molar-refractivity contribution in [1.29, 1.82) is 0 Å². The highest BCUT2D eigenvalue weighted by Crippen LogP contribution is 2.21. The molecule has 2 aromatic rings. The minimum atomic E-state index is 0.528. The van der Waals surface area contributed by atoms with Crippen LogP contribution in [0.2, 0.25) is 0 Å². The number of hydrogen-bond donors (Lipinski definition) is 1. The van der Waals surface area contributed by atoms with Gasteiger partial charge in [0.1, 0.15) is 5.01 Å².